The standard InChI is InChI=1S/C16H24F2N4O3/c1-14(2,3)25-13(24)21-10-6-7-19-12(20-10)22-8-15(4,5)11(23)16(17,18)9-22/h6-7,11,23H,8-9H2,1-5H3,(H,19,20,21,24)/t11-/m1/s1. The molecule has 0 spiro atoms. The Morgan fingerprint density at radius 3 is 2.60 bits per heavy atom. The molecule has 9 heteroatoms. The van der Waals surface area contributed by atoms with E-state index >= 15 is 0 Å². The Morgan fingerprint density at radius 1 is 1.40 bits per heavy atom. The summed E-state index contributed by atoms with van der Waals surface area (Å²) in [5.41, 5.74) is -1.71. The first-order valence-corrected chi connectivity index (χ1v) is 7.94. The lowest BCUT2D eigenvalue weighted by Gasteiger charge is -2.45. The Bertz CT molecular complexity index is 629. The van der Waals surface area contributed by atoms with Crippen LogP contribution in [-0.4, -0.2) is 51.9 Å². The maximum atomic E-state index is 14.1. The van der Waals surface area contributed by atoms with Gasteiger partial charge in [0.1, 0.15) is 17.5 Å². The van der Waals surface area contributed by atoms with Crippen LogP contribution in [0.1, 0.15) is 34.6 Å². The first-order chi connectivity index (χ1) is 11.3. The molecular formula is C16H24F2N4O3. The van der Waals surface area contributed by atoms with E-state index < -0.39 is 35.7 Å². The van der Waals surface area contributed by atoms with Gasteiger partial charge in [-0.05, 0) is 26.8 Å². The number of amides is 1. The van der Waals surface area contributed by atoms with Crippen LogP contribution in [0.2, 0.25) is 0 Å². The molecule has 1 atom stereocenters. The second-order valence-corrected chi connectivity index (χ2v) is 7.88. The van der Waals surface area contributed by atoms with Gasteiger partial charge in [-0.15, -0.1) is 0 Å². The molecule has 1 aromatic heterocycles. The van der Waals surface area contributed by atoms with Crippen LogP contribution in [0.25, 0.3) is 0 Å². The summed E-state index contributed by atoms with van der Waals surface area (Å²) in [6.45, 7) is 7.73. The van der Waals surface area contributed by atoms with Crippen molar-refractivity contribution in [2.24, 2.45) is 5.41 Å². The predicted molar refractivity (Wildman–Crippen MR) is 88.8 cm³/mol. The zero-order chi connectivity index (χ0) is 19.0. The van der Waals surface area contributed by atoms with E-state index in [9.17, 15) is 18.7 Å². The topological polar surface area (TPSA) is 87.6 Å². The van der Waals surface area contributed by atoms with Gasteiger partial charge >= 0.3 is 6.09 Å². The maximum absolute atomic E-state index is 14.1. The summed E-state index contributed by atoms with van der Waals surface area (Å²) in [6, 6.07) is 1.44. The number of aliphatic hydroxyl groups excluding tert-OH is 1. The summed E-state index contributed by atoms with van der Waals surface area (Å²) >= 11 is 0. The van der Waals surface area contributed by atoms with Crippen molar-refractivity contribution < 1.29 is 23.4 Å². The largest absolute Gasteiger partial charge is 0.444 e. The van der Waals surface area contributed by atoms with Crippen molar-refractivity contribution in [3.63, 3.8) is 0 Å². The Balaban J connectivity index is 2.17. The number of halogens is 2. The van der Waals surface area contributed by atoms with Crippen LogP contribution < -0.4 is 10.2 Å². The van der Waals surface area contributed by atoms with Gasteiger partial charge in [0, 0.05) is 18.2 Å². The highest BCUT2D eigenvalue weighted by Gasteiger charge is 2.53. The lowest BCUT2D eigenvalue weighted by atomic mass is 9.79. The number of hydrogen-bond donors (Lipinski definition) is 2. The molecule has 25 heavy (non-hydrogen) atoms. The molecule has 2 heterocycles. The summed E-state index contributed by atoms with van der Waals surface area (Å²) in [4.78, 5) is 21.2. The van der Waals surface area contributed by atoms with E-state index in [2.05, 4.69) is 15.3 Å². The van der Waals surface area contributed by atoms with E-state index in [4.69, 9.17) is 4.74 Å². The van der Waals surface area contributed by atoms with Gasteiger partial charge in [-0.1, -0.05) is 13.8 Å². The van der Waals surface area contributed by atoms with Crippen LogP contribution in [0.15, 0.2) is 12.3 Å². The van der Waals surface area contributed by atoms with E-state index in [1.54, 1.807) is 34.6 Å². The number of nitrogens with zero attached hydrogens (tertiary/aromatic N) is 3. The van der Waals surface area contributed by atoms with Gasteiger partial charge in [0.15, 0.2) is 0 Å². The molecular weight excluding hydrogens is 334 g/mol. The SMILES string of the molecule is CC(C)(C)OC(=O)Nc1ccnc(N2CC(C)(C)[C@@H](O)C(F)(F)C2)n1. The van der Waals surface area contributed by atoms with Crippen LogP contribution >= 0.6 is 0 Å². The predicted octanol–water partition coefficient (Wildman–Crippen LogP) is 2.67. The second-order valence-electron chi connectivity index (χ2n) is 7.88. The third-order valence-corrected chi connectivity index (χ3v) is 3.70. The molecule has 1 aromatic rings. The van der Waals surface area contributed by atoms with E-state index in [1.165, 1.54) is 17.2 Å². The van der Waals surface area contributed by atoms with Gasteiger partial charge in [-0.2, -0.15) is 4.98 Å². The minimum absolute atomic E-state index is 0.0493. The zero-order valence-electron chi connectivity index (χ0n) is 15.0. The van der Waals surface area contributed by atoms with E-state index in [0.29, 0.717) is 0 Å². The lowest BCUT2D eigenvalue weighted by molar-refractivity contribution is -0.160. The average molecular weight is 358 g/mol. The Hall–Kier alpha value is -2.03. The quantitative estimate of drug-likeness (QED) is 0.845. The summed E-state index contributed by atoms with van der Waals surface area (Å²) in [5.74, 6) is -3.10. The fourth-order valence-corrected chi connectivity index (χ4v) is 2.67. The highest BCUT2D eigenvalue weighted by atomic mass is 19.3. The molecule has 7 nitrogen and oxygen atoms in total. The molecule has 0 aliphatic carbocycles. The minimum atomic E-state index is -3.29. The van der Waals surface area contributed by atoms with Crippen molar-refractivity contribution in [1.29, 1.82) is 0 Å². The molecule has 1 fully saturated rings. The number of aromatic nitrogens is 2. The monoisotopic (exact) mass is 358 g/mol. The zero-order valence-corrected chi connectivity index (χ0v) is 15.0. The van der Waals surface area contributed by atoms with Crippen molar-refractivity contribution >= 4 is 17.9 Å². The van der Waals surface area contributed by atoms with Gasteiger partial charge in [-0.25, -0.2) is 18.6 Å². The number of nitrogens with one attached hydrogen (secondary N) is 1. The van der Waals surface area contributed by atoms with Gasteiger partial charge in [0.2, 0.25) is 5.95 Å². The number of ether oxygens (including phenoxy) is 1. The van der Waals surface area contributed by atoms with Crippen LogP contribution in [-0.2, 0) is 4.74 Å². The number of piperidine rings is 1. The fraction of sp³-hybridized carbons (Fsp3) is 0.688. The van der Waals surface area contributed by atoms with Crippen LogP contribution in [0.4, 0.5) is 25.3 Å². The third-order valence-electron chi connectivity index (χ3n) is 3.70. The molecule has 1 amide bonds. The lowest BCUT2D eigenvalue weighted by Crippen LogP contribution is -2.61. The molecule has 0 radical (unpaired) electrons. The van der Waals surface area contributed by atoms with Crippen LogP contribution in [0.3, 0.4) is 0 Å². The van der Waals surface area contributed by atoms with E-state index in [-0.39, 0.29) is 18.3 Å². The van der Waals surface area contributed by atoms with E-state index in [1.807, 2.05) is 0 Å². The number of rotatable bonds is 2. The number of alkyl halides is 2. The molecule has 1 saturated heterocycles. The van der Waals surface area contributed by atoms with Crippen molar-refractivity contribution in [1.82, 2.24) is 9.97 Å². The van der Waals surface area contributed by atoms with Crippen molar-refractivity contribution in [3.05, 3.63) is 12.3 Å². The van der Waals surface area contributed by atoms with Gasteiger partial charge in [0.05, 0.1) is 6.54 Å². The number of carbonyl (C=O) groups excluding carboxylic acids is 1. The normalized spacial score (nSPS) is 22.4. The molecule has 0 unspecified atom stereocenters. The highest BCUT2D eigenvalue weighted by molar-refractivity contribution is 5.83. The molecule has 0 bridgehead atoms. The maximum Gasteiger partial charge on any atom is 0.413 e. The number of hydrogen-bond acceptors (Lipinski definition) is 6. The number of anilines is 2. The third kappa shape index (κ3) is 4.75. The first-order valence-electron chi connectivity index (χ1n) is 7.94. The molecule has 0 aromatic carbocycles. The van der Waals surface area contributed by atoms with Gasteiger partial charge in [-0.3, -0.25) is 5.32 Å². The molecule has 0 saturated carbocycles. The minimum Gasteiger partial charge on any atom is -0.444 e. The molecule has 2 N–H and O–H groups in total. The summed E-state index contributed by atoms with van der Waals surface area (Å²) < 4.78 is 33.3. The van der Waals surface area contributed by atoms with Crippen molar-refractivity contribution in [2.45, 2.75) is 52.2 Å². The molecule has 140 valence electrons. The second kappa shape index (κ2) is 6.36. The molecule has 1 aliphatic rings. The summed E-state index contributed by atoms with van der Waals surface area (Å²) in [6.07, 6.45) is -1.08. The van der Waals surface area contributed by atoms with E-state index in [0.717, 1.165) is 0 Å². The van der Waals surface area contributed by atoms with Gasteiger partial charge < -0.3 is 14.7 Å². The van der Waals surface area contributed by atoms with Crippen LogP contribution in [0.5, 0.6) is 0 Å². The average Bonchev–Trinajstić information content (AvgIpc) is 2.42. The van der Waals surface area contributed by atoms with Gasteiger partial charge in [0.25, 0.3) is 5.92 Å². The van der Waals surface area contributed by atoms with Crippen molar-refractivity contribution in [2.75, 3.05) is 23.3 Å². The van der Waals surface area contributed by atoms with Crippen molar-refractivity contribution in [3.8, 4) is 0 Å². The summed E-state index contributed by atoms with van der Waals surface area (Å²) in [5, 5.41) is 12.3. The fourth-order valence-electron chi connectivity index (χ4n) is 2.67. The number of aliphatic hydroxyl groups is 1. The Kier molecular flexibility index (Phi) is 4.91. The number of carbonyl (C=O) groups is 1. The summed E-state index contributed by atoms with van der Waals surface area (Å²) in [7, 11) is 0. The first kappa shape index (κ1) is 19.3. The molecule has 1 aliphatic heterocycles. The molecule has 2 rings (SSSR count). The Labute approximate surface area is 145 Å². The highest BCUT2D eigenvalue weighted by Crippen LogP contribution is 2.39. The van der Waals surface area contributed by atoms with Crippen LogP contribution in [0, 0.1) is 5.41 Å². The Morgan fingerprint density at radius 2 is 2.04 bits per heavy atom. The smallest absolute Gasteiger partial charge is 0.413 e.